The van der Waals surface area contributed by atoms with Crippen molar-refractivity contribution in [3.05, 3.63) is 59.1 Å². The second-order valence-corrected chi connectivity index (χ2v) is 6.77. The molecule has 0 fully saturated rings. The monoisotopic (exact) mass is 372 g/mol. The minimum Gasteiger partial charge on any atom is -0.358 e. The van der Waals surface area contributed by atoms with Gasteiger partial charge in [-0.25, -0.2) is 0 Å². The maximum absolute atomic E-state index is 11.6. The molecule has 7 heteroatoms. The van der Waals surface area contributed by atoms with E-state index < -0.39 is 0 Å². The van der Waals surface area contributed by atoms with Gasteiger partial charge in [-0.05, 0) is 36.8 Å². The van der Waals surface area contributed by atoms with Crippen LogP contribution in [0.3, 0.4) is 0 Å². The highest BCUT2D eigenvalue weighted by Crippen LogP contribution is 2.32. The molecule has 0 spiro atoms. The van der Waals surface area contributed by atoms with Crippen LogP contribution >= 0.6 is 23.4 Å². The van der Waals surface area contributed by atoms with E-state index in [4.69, 9.17) is 11.6 Å². The number of halogens is 1. The van der Waals surface area contributed by atoms with Crippen LogP contribution in [0.4, 0.5) is 0 Å². The number of aryl methyl sites for hydroxylation is 1. The van der Waals surface area contributed by atoms with Crippen molar-refractivity contribution in [3.63, 3.8) is 0 Å². The molecule has 2 aromatic carbocycles. The molecule has 1 heterocycles. The van der Waals surface area contributed by atoms with E-state index in [0.717, 1.165) is 16.8 Å². The summed E-state index contributed by atoms with van der Waals surface area (Å²) in [5, 5.41) is 12.5. The van der Waals surface area contributed by atoms with Crippen molar-refractivity contribution >= 4 is 29.3 Å². The summed E-state index contributed by atoms with van der Waals surface area (Å²) in [6.45, 7) is 1.99. The van der Waals surface area contributed by atoms with Gasteiger partial charge < -0.3 is 5.32 Å². The minimum absolute atomic E-state index is 0.0671. The number of amides is 1. The summed E-state index contributed by atoms with van der Waals surface area (Å²) in [5.41, 5.74) is 2.79. The average molecular weight is 373 g/mol. The van der Waals surface area contributed by atoms with Crippen molar-refractivity contribution in [1.82, 2.24) is 20.1 Å². The number of nitrogens with one attached hydrogen (secondary N) is 1. The smallest absolute Gasteiger partial charge is 0.230 e. The molecule has 3 rings (SSSR count). The second kappa shape index (κ2) is 7.72. The number of benzene rings is 2. The van der Waals surface area contributed by atoms with Crippen LogP contribution in [0.1, 0.15) is 5.56 Å². The summed E-state index contributed by atoms with van der Waals surface area (Å²) < 4.78 is 1.92. The van der Waals surface area contributed by atoms with Gasteiger partial charge in [0.1, 0.15) is 0 Å². The lowest BCUT2D eigenvalue weighted by molar-refractivity contribution is -0.118. The topological polar surface area (TPSA) is 59.8 Å². The maximum atomic E-state index is 11.6. The molecule has 0 saturated heterocycles. The van der Waals surface area contributed by atoms with Crippen LogP contribution in [0.2, 0.25) is 5.02 Å². The third-order valence-corrected chi connectivity index (χ3v) is 4.87. The molecule has 128 valence electrons. The lowest BCUT2D eigenvalue weighted by Crippen LogP contribution is -2.20. The molecular weight excluding hydrogens is 356 g/mol. The van der Waals surface area contributed by atoms with Crippen molar-refractivity contribution < 1.29 is 4.79 Å². The zero-order valence-electron chi connectivity index (χ0n) is 13.9. The minimum atomic E-state index is -0.0671. The van der Waals surface area contributed by atoms with Crippen LogP contribution < -0.4 is 5.32 Å². The molecular formula is C18H17ClN4OS. The van der Waals surface area contributed by atoms with Gasteiger partial charge in [-0.3, -0.25) is 9.36 Å². The van der Waals surface area contributed by atoms with Gasteiger partial charge in [-0.2, -0.15) is 0 Å². The van der Waals surface area contributed by atoms with Gasteiger partial charge in [-0.1, -0.05) is 47.6 Å². The second-order valence-electron chi connectivity index (χ2n) is 5.42. The highest BCUT2D eigenvalue weighted by molar-refractivity contribution is 7.99. The van der Waals surface area contributed by atoms with E-state index in [1.54, 1.807) is 7.05 Å². The number of carbonyl (C=O) groups is 1. The fourth-order valence-electron chi connectivity index (χ4n) is 2.35. The van der Waals surface area contributed by atoms with E-state index in [-0.39, 0.29) is 11.7 Å². The van der Waals surface area contributed by atoms with Gasteiger partial charge in [0, 0.05) is 18.3 Å². The third kappa shape index (κ3) is 3.86. The van der Waals surface area contributed by atoms with Gasteiger partial charge in [0.25, 0.3) is 0 Å². The van der Waals surface area contributed by atoms with Crippen LogP contribution in [0, 0.1) is 6.92 Å². The zero-order valence-corrected chi connectivity index (χ0v) is 15.4. The zero-order chi connectivity index (χ0) is 17.8. The first-order chi connectivity index (χ1) is 12.1. The van der Waals surface area contributed by atoms with Crippen LogP contribution in [-0.2, 0) is 4.79 Å². The highest BCUT2D eigenvalue weighted by Gasteiger charge is 2.18. The van der Waals surface area contributed by atoms with E-state index in [1.807, 2.05) is 60.0 Å². The Hall–Kier alpha value is -2.31. The van der Waals surface area contributed by atoms with Gasteiger partial charge in [0.15, 0.2) is 11.0 Å². The molecule has 0 saturated carbocycles. The average Bonchev–Trinajstić information content (AvgIpc) is 3.04. The molecule has 0 radical (unpaired) electrons. The number of thioether (sulfide) groups is 1. The molecule has 0 unspecified atom stereocenters. The summed E-state index contributed by atoms with van der Waals surface area (Å²) in [6.07, 6.45) is 0. The van der Waals surface area contributed by atoms with Gasteiger partial charge in [-0.15, -0.1) is 10.2 Å². The molecule has 0 atom stereocenters. The summed E-state index contributed by atoms with van der Waals surface area (Å²) in [7, 11) is 1.61. The standard InChI is InChI=1S/C18H17ClN4OS/c1-12-8-9-14(15(19)10-12)17-21-22-18(25-11-16(24)20-2)23(17)13-6-4-3-5-7-13/h3-10H,11H2,1-2H3,(H,20,24). The SMILES string of the molecule is CNC(=O)CSc1nnc(-c2ccc(C)cc2Cl)n1-c1ccccc1. The number of rotatable bonds is 5. The Kier molecular flexibility index (Phi) is 5.40. The van der Waals surface area contributed by atoms with Crippen LogP contribution in [-0.4, -0.2) is 33.5 Å². The molecule has 25 heavy (non-hydrogen) atoms. The Labute approximate surface area is 155 Å². The largest absolute Gasteiger partial charge is 0.358 e. The van der Waals surface area contributed by atoms with E-state index in [1.165, 1.54) is 11.8 Å². The molecule has 1 amide bonds. The highest BCUT2D eigenvalue weighted by atomic mass is 35.5. The van der Waals surface area contributed by atoms with Crippen LogP contribution in [0.15, 0.2) is 53.7 Å². The molecule has 1 aromatic heterocycles. The predicted octanol–water partition coefficient (Wildman–Crippen LogP) is 3.73. The summed E-state index contributed by atoms with van der Waals surface area (Å²) in [4.78, 5) is 11.6. The normalized spacial score (nSPS) is 10.7. The fourth-order valence-corrected chi connectivity index (χ4v) is 3.50. The van der Waals surface area contributed by atoms with Crippen molar-refractivity contribution in [2.45, 2.75) is 12.1 Å². The molecule has 5 nitrogen and oxygen atoms in total. The number of aromatic nitrogens is 3. The van der Waals surface area contributed by atoms with E-state index >= 15 is 0 Å². The lowest BCUT2D eigenvalue weighted by Gasteiger charge is -2.11. The van der Waals surface area contributed by atoms with E-state index in [2.05, 4.69) is 15.5 Å². The van der Waals surface area contributed by atoms with Crippen LogP contribution in [0.25, 0.3) is 17.1 Å². The summed E-state index contributed by atoms with van der Waals surface area (Å²) >= 11 is 7.76. The van der Waals surface area contributed by atoms with Crippen molar-refractivity contribution in [2.75, 3.05) is 12.8 Å². The number of para-hydroxylation sites is 1. The van der Waals surface area contributed by atoms with E-state index in [0.29, 0.717) is 16.0 Å². The maximum Gasteiger partial charge on any atom is 0.230 e. The van der Waals surface area contributed by atoms with Crippen molar-refractivity contribution in [3.8, 4) is 17.1 Å². The molecule has 0 aliphatic rings. The number of carbonyl (C=O) groups excluding carboxylic acids is 1. The molecule has 0 bridgehead atoms. The molecule has 0 aliphatic carbocycles. The molecule has 1 N–H and O–H groups in total. The molecule has 0 aliphatic heterocycles. The van der Waals surface area contributed by atoms with Gasteiger partial charge in [0.2, 0.25) is 5.91 Å². The first kappa shape index (κ1) is 17.5. The fraction of sp³-hybridized carbons (Fsp3) is 0.167. The first-order valence-electron chi connectivity index (χ1n) is 7.71. The van der Waals surface area contributed by atoms with Gasteiger partial charge in [0.05, 0.1) is 10.8 Å². The Bertz CT molecular complexity index is 895. The first-order valence-corrected chi connectivity index (χ1v) is 9.07. The number of hydrogen-bond acceptors (Lipinski definition) is 4. The number of hydrogen-bond donors (Lipinski definition) is 1. The van der Waals surface area contributed by atoms with E-state index in [9.17, 15) is 4.79 Å². The summed E-state index contributed by atoms with van der Waals surface area (Å²) in [5.74, 6) is 0.849. The third-order valence-electron chi connectivity index (χ3n) is 3.62. The quantitative estimate of drug-likeness (QED) is 0.693. The Morgan fingerprint density at radius 2 is 1.96 bits per heavy atom. The molecule has 3 aromatic rings. The Balaban J connectivity index is 2.09. The Morgan fingerprint density at radius 1 is 1.20 bits per heavy atom. The van der Waals surface area contributed by atoms with Crippen molar-refractivity contribution in [2.24, 2.45) is 0 Å². The summed E-state index contributed by atoms with van der Waals surface area (Å²) in [6, 6.07) is 15.6. The predicted molar refractivity (Wildman–Crippen MR) is 101 cm³/mol. The van der Waals surface area contributed by atoms with Crippen molar-refractivity contribution in [1.29, 1.82) is 0 Å². The van der Waals surface area contributed by atoms with Crippen LogP contribution in [0.5, 0.6) is 0 Å². The Morgan fingerprint density at radius 3 is 2.64 bits per heavy atom. The lowest BCUT2D eigenvalue weighted by atomic mass is 10.1. The number of nitrogens with zero attached hydrogens (tertiary/aromatic N) is 3. The van der Waals surface area contributed by atoms with Gasteiger partial charge >= 0.3 is 0 Å².